The molecule has 4 rings (SSSR count). The largest absolute Gasteiger partial charge is 0.444 e. The summed E-state index contributed by atoms with van der Waals surface area (Å²) in [5.41, 5.74) is 0.286. The maximum absolute atomic E-state index is 12.6. The molecule has 1 unspecified atom stereocenters. The Morgan fingerprint density at radius 2 is 1.68 bits per heavy atom. The first-order valence-electron chi connectivity index (χ1n) is 15.2. The molecule has 2 N–H and O–H groups in total. The smallest absolute Gasteiger partial charge is 0.410 e. The van der Waals surface area contributed by atoms with Crippen molar-refractivity contribution in [2.45, 2.75) is 59.0 Å². The Bertz CT molecular complexity index is 968. The van der Waals surface area contributed by atoms with Crippen LogP contribution in [-0.2, 0) is 4.74 Å². The van der Waals surface area contributed by atoms with Crippen LogP contribution in [-0.4, -0.2) is 116 Å². The van der Waals surface area contributed by atoms with Crippen molar-refractivity contribution in [3.8, 4) is 0 Å². The fourth-order valence-electron chi connectivity index (χ4n) is 5.44. The van der Waals surface area contributed by atoms with Gasteiger partial charge in [-0.3, -0.25) is 0 Å². The number of halogens is 2. The van der Waals surface area contributed by atoms with Crippen LogP contribution < -0.4 is 10.6 Å². The Balaban J connectivity index is 0.000000278. The summed E-state index contributed by atoms with van der Waals surface area (Å²) < 4.78 is 5.29. The van der Waals surface area contributed by atoms with Crippen molar-refractivity contribution in [1.82, 2.24) is 24.9 Å². The van der Waals surface area contributed by atoms with Crippen LogP contribution in [0.1, 0.15) is 53.4 Å². The average Bonchev–Trinajstić information content (AvgIpc) is 3.34. The number of carbonyl (C=O) groups is 2. The topological polar surface area (TPSA) is 80.4 Å². The lowest BCUT2D eigenvalue weighted by atomic mass is 9.97. The van der Waals surface area contributed by atoms with E-state index in [0.717, 1.165) is 84.2 Å². The molecule has 232 valence electrons. The lowest BCUT2D eigenvalue weighted by molar-refractivity contribution is 0.0262. The van der Waals surface area contributed by atoms with E-state index in [1.807, 2.05) is 25.7 Å². The van der Waals surface area contributed by atoms with Gasteiger partial charge in [0.15, 0.2) is 0 Å². The van der Waals surface area contributed by atoms with E-state index >= 15 is 0 Å². The van der Waals surface area contributed by atoms with E-state index in [4.69, 9.17) is 27.9 Å². The summed E-state index contributed by atoms with van der Waals surface area (Å²) in [7, 11) is 0. The molecule has 3 saturated heterocycles. The summed E-state index contributed by atoms with van der Waals surface area (Å²) in [4.78, 5) is 33.0. The van der Waals surface area contributed by atoms with Crippen molar-refractivity contribution >= 4 is 41.0 Å². The molecule has 41 heavy (non-hydrogen) atoms. The third-order valence-electron chi connectivity index (χ3n) is 7.61. The SMILES string of the molecule is CC(C)(C)OC(=O)N1CCCNCC1.CCN1CCCC(CN2CCCN(C(=O)Nc3ccc(Cl)c(Cl)c3)CC2)C1. The quantitative estimate of drug-likeness (QED) is 0.468. The molecule has 3 amide bonds. The van der Waals surface area contributed by atoms with Crippen LogP contribution in [0.5, 0.6) is 0 Å². The van der Waals surface area contributed by atoms with Crippen molar-refractivity contribution in [3.05, 3.63) is 28.2 Å². The summed E-state index contributed by atoms with van der Waals surface area (Å²) in [5, 5.41) is 7.12. The number of benzene rings is 1. The Morgan fingerprint density at radius 3 is 2.41 bits per heavy atom. The van der Waals surface area contributed by atoms with Gasteiger partial charge in [-0.25, -0.2) is 9.59 Å². The minimum atomic E-state index is -0.392. The molecule has 0 aliphatic carbocycles. The fourth-order valence-corrected chi connectivity index (χ4v) is 5.74. The monoisotopic (exact) mass is 612 g/mol. The third kappa shape index (κ3) is 12.2. The van der Waals surface area contributed by atoms with Gasteiger partial charge >= 0.3 is 12.1 Å². The number of nitrogens with zero attached hydrogens (tertiary/aromatic N) is 4. The molecule has 11 heteroatoms. The zero-order valence-corrected chi connectivity index (χ0v) is 26.9. The van der Waals surface area contributed by atoms with Crippen LogP contribution in [0.3, 0.4) is 0 Å². The minimum Gasteiger partial charge on any atom is -0.444 e. The molecular formula is C30H50Cl2N6O3. The summed E-state index contributed by atoms with van der Waals surface area (Å²) in [6.45, 7) is 19.6. The maximum Gasteiger partial charge on any atom is 0.410 e. The number of carbonyl (C=O) groups excluding carboxylic acids is 2. The van der Waals surface area contributed by atoms with Gasteiger partial charge in [0.1, 0.15) is 5.60 Å². The van der Waals surface area contributed by atoms with E-state index in [2.05, 4.69) is 27.4 Å². The van der Waals surface area contributed by atoms with Gasteiger partial charge in [0.2, 0.25) is 0 Å². The number of hydrogen-bond acceptors (Lipinski definition) is 6. The highest BCUT2D eigenvalue weighted by molar-refractivity contribution is 6.42. The third-order valence-corrected chi connectivity index (χ3v) is 8.34. The number of hydrogen-bond donors (Lipinski definition) is 2. The van der Waals surface area contributed by atoms with E-state index in [-0.39, 0.29) is 12.1 Å². The van der Waals surface area contributed by atoms with Crippen LogP contribution in [0.4, 0.5) is 15.3 Å². The van der Waals surface area contributed by atoms with Gasteiger partial charge in [-0.2, -0.15) is 0 Å². The fraction of sp³-hybridized carbons (Fsp3) is 0.733. The Labute approximate surface area is 256 Å². The molecule has 3 fully saturated rings. The molecule has 3 aliphatic heterocycles. The number of piperidine rings is 1. The molecule has 3 aliphatic rings. The van der Waals surface area contributed by atoms with Gasteiger partial charge in [0, 0.05) is 58.0 Å². The number of ether oxygens (including phenoxy) is 1. The first-order chi connectivity index (χ1) is 19.5. The van der Waals surface area contributed by atoms with E-state index in [1.54, 1.807) is 23.1 Å². The Morgan fingerprint density at radius 1 is 0.927 bits per heavy atom. The molecule has 9 nitrogen and oxygen atoms in total. The van der Waals surface area contributed by atoms with Crippen LogP contribution in [0.2, 0.25) is 10.0 Å². The standard InChI is InChI=1S/C20H30Cl2N4O.C10H20N2O2/c1-2-24-8-3-5-16(14-24)15-25-9-4-10-26(12-11-25)20(27)23-17-6-7-18(21)19(22)13-17;1-10(2,3)14-9(13)12-7-4-5-11-6-8-12/h6-7,13,16H,2-5,8-12,14-15H2,1H3,(H,23,27);11H,4-8H2,1-3H3. The van der Waals surface area contributed by atoms with E-state index in [9.17, 15) is 9.59 Å². The van der Waals surface area contributed by atoms with Crippen molar-refractivity contribution in [3.63, 3.8) is 0 Å². The second-order valence-electron chi connectivity index (χ2n) is 12.2. The van der Waals surface area contributed by atoms with Crippen molar-refractivity contribution in [2.24, 2.45) is 5.92 Å². The van der Waals surface area contributed by atoms with Gasteiger partial charge in [0.25, 0.3) is 0 Å². The molecule has 0 spiro atoms. The normalized spacial score (nSPS) is 21.3. The van der Waals surface area contributed by atoms with Crippen LogP contribution in [0, 0.1) is 5.92 Å². The lowest BCUT2D eigenvalue weighted by Crippen LogP contribution is -2.42. The van der Waals surface area contributed by atoms with E-state index in [1.165, 1.54) is 25.9 Å². The lowest BCUT2D eigenvalue weighted by Gasteiger charge is -2.34. The first kappa shape index (κ1) is 33.7. The van der Waals surface area contributed by atoms with E-state index < -0.39 is 5.60 Å². The zero-order chi connectivity index (χ0) is 29.8. The summed E-state index contributed by atoms with van der Waals surface area (Å²) >= 11 is 12.0. The van der Waals surface area contributed by atoms with Gasteiger partial charge < -0.3 is 35.0 Å². The molecule has 1 aromatic rings. The number of rotatable bonds is 4. The average molecular weight is 614 g/mol. The predicted octanol–water partition coefficient (Wildman–Crippen LogP) is 5.48. The number of urea groups is 1. The second-order valence-corrected chi connectivity index (χ2v) is 13.0. The number of nitrogens with one attached hydrogen (secondary N) is 2. The Kier molecular flexibility index (Phi) is 13.8. The van der Waals surface area contributed by atoms with Gasteiger partial charge in [-0.15, -0.1) is 0 Å². The molecule has 1 aromatic carbocycles. The highest BCUT2D eigenvalue weighted by Crippen LogP contribution is 2.25. The summed E-state index contributed by atoms with van der Waals surface area (Å²) in [6, 6.07) is 5.10. The van der Waals surface area contributed by atoms with Gasteiger partial charge in [-0.1, -0.05) is 30.1 Å². The highest BCUT2D eigenvalue weighted by Gasteiger charge is 2.25. The maximum atomic E-state index is 12.6. The summed E-state index contributed by atoms with van der Waals surface area (Å²) in [5.74, 6) is 0.760. The number of likely N-dealkylation sites (tertiary alicyclic amines) is 1. The summed E-state index contributed by atoms with van der Waals surface area (Å²) in [6.07, 6.45) is 4.46. The molecule has 0 radical (unpaired) electrons. The number of anilines is 1. The van der Waals surface area contributed by atoms with Crippen LogP contribution in [0.25, 0.3) is 0 Å². The minimum absolute atomic E-state index is 0.0648. The highest BCUT2D eigenvalue weighted by atomic mass is 35.5. The first-order valence-corrected chi connectivity index (χ1v) is 15.9. The van der Waals surface area contributed by atoms with Crippen molar-refractivity contribution < 1.29 is 14.3 Å². The van der Waals surface area contributed by atoms with Gasteiger partial charge in [-0.05, 0) is 96.8 Å². The Hall–Kier alpha value is -1.78. The van der Waals surface area contributed by atoms with E-state index in [0.29, 0.717) is 15.7 Å². The molecular weight excluding hydrogens is 563 g/mol. The molecule has 0 aromatic heterocycles. The van der Waals surface area contributed by atoms with Crippen LogP contribution in [0.15, 0.2) is 18.2 Å². The molecule has 1 atom stereocenters. The predicted molar refractivity (Wildman–Crippen MR) is 168 cm³/mol. The van der Waals surface area contributed by atoms with Gasteiger partial charge in [0.05, 0.1) is 10.0 Å². The van der Waals surface area contributed by atoms with Crippen LogP contribution >= 0.6 is 23.2 Å². The second kappa shape index (κ2) is 16.8. The zero-order valence-electron chi connectivity index (χ0n) is 25.4. The van der Waals surface area contributed by atoms with Crippen molar-refractivity contribution in [2.75, 3.05) is 83.9 Å². The molecule has 0 saturated carbocycles. The van der Waals surface area contributed by atoms with Crippen molar-refractivity contribution in [1.29, 1.82) is 0 Å². The molecule has 3 heterocycles. The molecule has 0 bridgehead atoms. The number of amides is 3.